The van der Waals surface area contributed by atoms with Crippen LogP contribution >= 0.6 is 22.9 Å². The molecule has 0 saturated heterocycles. The lowest BCUT2D eigenvalue weighted by molar-refractivity contribution is 0.0940. The lowest BCUT2D eigenvalue weighted by Crippen LogP contribution is -2.16. The van der Waals surface area contributed by atoms with E-state index in [4.69, 9.17) is 16.8 Å². The lowest BCUT2D eigenvalue weighted by atomic mass is 10.3. The summed E-state index contributed by atoms with van der Waals surface area (Å²) in [7, 11) is 0. The first kappa shape index (κ1) is 8.96. The van der Waals surface area contributed by atoms with Crippen molar-refractivity contribution >= 4 is 22.9 Å². The predicted octanol–water partition coefficient (Wildman–Crippen LogP) is 1.41. The number of thiophene rings is 1. The summed E-state index contributed by atoms with van der Waals surface area (Å²) in [6, 6.07) is 3.44. The summed E-state index contributed by atoms with van der Waals surface area (Å²) in [5.41, 5.74) is 1.89. The van der Waals surface area contributed by atoms with E-state index < -0.39 is 6.10 Å². The fourth-order valence-corrected chi connectivity index (χ4v) is 1.74. The van der Waals surface area contributed by atoms with E-state index in [1.54, 1.807) is 12.1 Å². The van der Waals surface area contributed by atoms with Crippen LogP contribution in [0.1, 0.15) is 11.0 Å². The van der Waals surface area contributed by atoms with Crippen molar-refractivity contribution in [2.24, 2.45) is 0 Å². The SMILES string of the molecule is ONCC(O)c1ccc(Cl)s1. The zero-order chi connectivity index (χ0) is 8.27. The standard InChI is InChI=1S/C6H8ClNO2S/c7-6-2-1-5(11-6)4(9)3-8-10/h1-2,4,8-10H,3H2. The number of hydrogen-bond acceptors (Lipinski definition) is 4. The quantitative estimate of drug-likeness (QED) is 0.637. The maximum absolute atomic E-state index is 9.26. The molecule has 0 fully saturated rings. The Morgan fingerprint density at radius 1 is 1.64 bits per heavy atom. The van der Waals surface area contributed by atoms with Crippen LogP contribution in [0.2, 0.25) is 4.34 Å². The molecule has 1 rings (SSSR count). The van der Waals surface area contributed by atoms with Gasteiger partial charge in [0.2, 0.25) is 0 Å². The first-order valence-corrected chi connectivity index (χ1v) is 4.23. The molecule has 3 N–H and O–H groups in total. The summed E-state index contributed by atoms with van der Waals surface area (Å²) >= 11 is 6.93. The van der Waals surface area contributed by atoms with E-state index in [0.29, 0.717) is 4.34 Å². The molecule has 0 bridgehead atoms. The number of rotatable bonds is 3. The van der Waals surface area contributed by atoms with E-state index in [1.165, 1.54) is 11.3 Å². The normalized spacial score (nSPS) is 13.4. The van der Waals surface area contributed by atoms with Gasteiger partial charge in [-0.05, 0) is 12.1 Å². The molecular weight excluding hydrogens is 186 g/mol. The highest BCUT2D eigenvalue weighted by molar-refractivity contribution is 7.16. The number of hydrogen-bond donors (Lipinski definition) is 3. The van der Waals surface area contributed by atoms with Gasteiger partial charge in [0.25, 0.3) is 0 Å². The van der Waals surface area contributed by atoms with Crippen LogP contribution in [-0.4, -0.2) is 16.9 Å². The highest BCUT2D eigenvalue weighted by Crippen LogP contribution is 2.26. The van der Waals surface area contributed by atoms with Crippen molar-refractivity contribution in [3.63, 3.8) is 0 Å². The first-order chi connectivity index (χ1) is 5.24. The Kier molecular flexibility index (Phi) is 3.29. The molecule has 0 radical (unpaired) electrons. The number of aliphatic hydroxyl groups excluding tert-OH is 1. The van der Waals surface area contributed by atoms with Gasteiger partial charge in [0.1, 0.15) is 6.10 Å². The van der Waals surface area contributed by atoms with Gasteiger partial charge in [-0.3, -0.25) is 0 Å². The van der Waals surface area contributed by atoms with Crippen LogP contribution in [-0.2, 0) is 0 Å². The topological polar surface area (TPSA) is 52.5 Å². The van der Waals surface area contributed by atoms with E-state index in [1.807, 2.05) is 5.48 Å². The summed E-state index contributed by atoms with van der Waals surface area (Å²) < 4.78 is 0.636. The average Bonchev–Trinajstić information content (AvgIpc) is 2.36. The Morgan fingerprint density at radius 2 is 2.36 bits per heavy atom. The highest BCUT2D eigenvalue weighted by atomic mass is 35.5. The summed E-state index contributed by atoms with van der Waals surface area (Å²) in [6.07, 6.45) is -0.683. The molecule has 0 spiro atoms. The molecule has 11 heavy (non-hydrogen) atoms. The second-order valence-electron chi connectivity index (χ2n) is 2.02. The van der Waals surface area contributed by atoms with Crippen molar-refractivity contribution in [1.82, 2.24) is 5.48 Å². The Balaban J connectivity index is 2.60. The predicted molar refractivity (Wildman–Crippen MR) is 44.1 cm³/mol. The van der Waals surface area contributed by atoms with Crippen molar-refractivity contribution in [2.45, 2.75) is 6.10 Å². The lowest BCUT2D eigenvalue weighted by Gasteiger charge is -2.04. The van der Waals surface area contributed by atoms with Crippen LogP contribution in [0.5, 0.6) is 0 Å². The minimum Gasteiger partial charge on any atom is -0.386 e. The molecule has 5 heteroatoms. The van der Waals surface area contributed by atoms with Gasteiger partial charge < -0.3 is 10.3 Å². The third-order valence-electron chi connectivity index (χ3n) is 1.21. The minimum atomic E-state index is -0.683. The van der Waals surface area contributed by atoms with Crippen LogP contribution in [0, 0.1) is 0 Å². The summed E-state index contributed by atoms with van der Waals surface area (Å²) in [6.45, 7) is 0.122. The van der Waals surface area contributed by atoms with Crippen LogP contribution in [0.25, 0.3) is 0 Å². The van der Waals surface area contributed by atoms with Crippen molar-refractivity contribution < 1.29 is 10.3 Å². The number of nitrogens with one attached hydrogen (secondary N) is 1. The van der Waals surface area contributed by atoms with E-state index in [2.05, 4.69) is 0 Å². The summed E-state index contributed by atoms with van der Waals surface area (Å²) in [4.78, 5) is 0.747. The van der Waals surface area contributed by atoms with Gasteiger partial charge in [0, 0.05) is 4.88 Å². The molecule has 0 saturated carbocycles. The van der Waals surface area contributed by atoms with E-state index >= 15 is 0 Å². The zero-order valence-electron chi connectivity index (χ0n) is 5.62. The maximum atomic E-state index is 9.26. The molecule has 0 amide bonds. The van der Waals surface area contributed by atoms with Crippen molar-refractivity contribution in [3.05, 3.63) is 21.3 Å². The van der Waals surface area contributed by atoms with E-state index in [9.17, 15) is 5.11 Å². The monoisotopic (exact) mass is 193 g/mol. The molecule has 1 heterocycles. The van der Waals surface area contributed by atoms with E-state index in [-0.39, 0.29) is 6.54 Å². The fourth-order valence-electron chi connectivity index (χ4n) is 0.694. The van der Waals surface area contributed by atoms with Gasteiger partial charge in [0.05, 0.1) is 10.9 Å². The van der Waals surface area contributed by atoms with Crippen LogP contribution in [0.15, 0.2) is 12.1 Å². The molecule has 1 aromatic heterocycles. The Morgan fingerprint density at radius 3 is 2.82 bits per heavy atom. The molecule has 1 unspecified atom stereocenters. The van der Waals surface area contributed by atoms with Gasteiger partial charge in [-0.2, -0.15) is 0 Å². The maximum Gasteiger partial charge on any atom is 0.103 e. The zero-order valence-corrected chi connectivity index (χ0v) is 7.19. The van der Waals surface area contributed by atoms with Gasteiger partial charge in [-0.15, -0.1) is 11.3 Å². The number of halogens is 1. The third kappa shape index (κ3) is 2.43. The van der Waals surface area contributed by atoms with E-state index in [0.717, 1.165) is 4.88 Å². The molecule has 0 aliphatic rings. The van der Waals surface area contributed by atoms with Gasteiger partial charge in [0.15, 0.2) is 0 Å². The summed E-state index contributed by atoms with van der Waals surface area (Å²) in [5.74, 6) is 0. The summed E-state index contributed by atoms with van der Waals surface area (Å²) in [5, 5.41) is 17.5. The molecule has 1 aromatic rings. The van der Waals surface area contributed by atoms with Crippen molar-refractivity contribution in [2.75, 3.05) is 6.54 Å². The largest absolute Gasteiger partial charge is 0.386 e. The third-order valence-corrected chi connectivity index (χ3v) is 2.54. The van der Waals surface area contributed by atoms with Crippen LogP contribution < -0.4 is 5.48 Å². The average molecular weight is 194 g/mol. The second kappa shape index (κ2) is 4.04. The van der Waals surface area contributed by atoms with Crippen molar-refractivity contribution in [1.29, 1.82) is 0 Å². The second-order valence-corrected chi connectivity index (χ2v) is 3.77. The molecule has 1 atom stereocenters. The minimum absolute atomic E-state index is 0.122. The Hall–Kier alpha value is -0.130. The molecule has 0 aromatic carbocycles. The van der Waals surface area contributed by atoms with Crippen LogP contribution in [0.4, 0.5) is 0 Å². The molecule has 62 valence electrons. The van der Waals surface area contributed by atoms with Gasteiger partial charge >= 0.3 is 0 Å². The number of aliphatic hydroxyl groups is 1. The smallest absolute Gasteiger partial charge is 0.103 e. The fraction of sp³-hybridized carbons (Fsp3) is 0.333. The molecule has 3 nitrogen and oxygen atoms in total. The van der Waals surface area contributed by atoms with Crippen molar-refractivity contribution in [3.8, 4) is 0 Å². The van der Waals surface area contributed by atoms with Gasteiger partial charge in [-0.25, -0.2) is 5.48 Å². The van der Waals surface area contributed by atoms with Crippen LogP contribution in [0.3, 0.4) is 0 Å². The molecule has 0 aliphatic carbocycles. The highest BCUT2D eigenvalue weighted by Gasteiger charge is 2.08. The Bertz CT molecular complexity index is 228. The Labute approximate surface area is 73.2 Å². The molecule has 0 aliphatic heterocycles. The molecular formula is C6H8ClNO2S. The first-order valence-electron chi connectivity index (χ1n) is 3.04. The number of hydroxylamine groups is 1. The van der Waals surface area contributed by atoms with Gasteiger partial charge in [-0.1, -0.05) is 11.6 Å².